The smallest absolute Gasteiger partial charge is 0.332 e. The van der Waals surface area contributed by atoms with Gasteiger partial charge in [-0.25, -0.2) is 9.18 Å². The third-order valence-electron chi connectivity index (χ3n) is 9.69. The molecule has 2 aliphatic heterocycles. The SMILES string of the molecule is C=CCN(C(=O)NCc1ccc(F)cc1)N1CC(=O)N2[C@@H](Cc3ccc(NC(=O)c4ccccc4)cc3)C(=O)N(Cc3cccc4ccccc34)C[C@@H]21. The first kappa shape index (κ1) is 35.1. The highest BCUT2D eigenvalue weighted by atomic mass is 19.1. The van der Waals surface area contributed by atoms with Gasteiger partial charge >= 0.3 is 6.03 Å². The number of anilines is 1. The molecular weight excluding hydrogens is 671 g/mol. The molecule has 5 aromatic carbocycles. The van der Waals surface area contributed by atoms with Crippen LogP contribution in [0.2, 0.25) is 0 Å². The number of benzene rings is 5. The maximum atomic E-state index is 14.5. The van der Waals surface area contributed by atoms with Crippen molar-refractivity contribution in [1.82, 2.24) is 25.1 Å². The van der Waals surface area contributed by atoms with E-state index in [2.05, 4.69) is 17.2 Å². The Kier molecular flexibility index (Phi) is 10.3. The summed E-state index contributed by atoms with van der Waals surface area (Å²) in [6.07, 6.45) is 1.18. The Hall–Kier alpha value is -6.33. The van der Waals surface area contributed by atoms with Gasteiger partial charge in [-0.05, 0) is 63.9 Å². The van der Waals surface area contributed by atoms with E-state index in [0.29, 0.717) is 23.4 Å². The molecule has 2 aliphatic rings. The minimum atomic E-state index is -0.848. The van der Waals surface area contributed by atoms with Crippen LogP contribution in [0.15, 0.2) is 134 Å². The quantitative estimate of drug-likeness (QED) is 0.165. The lowest BCUT2D eigenvalue weighted by atomic mass is 9.98. The fraction of sp³-hybridized carbons (Fsp3) is 0.190. The second-order valence-electron chi connectivity index (χ2n) is 13.1. The van der Waals surface area contributed by atoms with E-state index in [1.807, 2.05) is 60.7 Å². The number of fused-ring (bicyclic) bond motifs is 2. The first-order chi connectivity index (χ1) is 25.8. The van der Waals surface area contributed by atoms with Crippen LogP contribution in [-0.2, 0) is 29.1 Å². The molecule has 5 amide bonds. The molecule has 0 unspecified atom stereocenters. The molecule has 53 heavy (non-hydrogen) atoms. The molecule has 0 aliphatic carbocycles. The molecule has 2 heterocycles. The van der Waals surface area contributed by atoms with Crippen molar-refractivity contribution in [3.63, 3.8) is 0 Å². The number of carbonyl (C=O) groups is 4. The van der Waals surface area contributed by atoms with Gasteiger partial charge in [-0.3, -0.25) is 19.4 Å². The van der Waals surface area contributed by atoms with E-state index in [-0.39, 0.29) is 56.1 Å². The highest BCUT2D eigenvalue weighted by Crippen LogP contribution is 2.31. The Bertz CT molecular complexity index is 2140. The second-order valence-corrected chi connectivity index (χ2v) is 13.1. The fourth-order valence-corrected chi connectivity index (χ4v) is 7.06. The number of urea groups is 1. The summed E-state index contributed by atoms with van der Waals surface area (Å²) in [7, 11) is 0. The van der Waals surface area contributed by atoms with Crippen molar-refractivity contribution < 1.29 is 23.6 Å². The molecule has 0 radical (unpaired) electrons. The van der Waals surface area contributed by atoms with Crippen LogP contribution in [0.25, 0.3) is 10.8 Å². The van der Waals surface area contributed by atoms with E-state index in [1.165, 1.54) is 17.1 Å². The van der Waals surface area contributed by atoms with E-state index in [4.69, 9.17) is 0 Å². The Morgan fingerprint density at radius 3 is 2.30 bits per heavy atom. The topological polar surface area (TPSA) is 105 Å². The summed E-state index contributed by atoms with van der Waals surface area (Å²) in [4.78, 5) is 58.2. The van der Waals surface area contributed by atoms with Gasteiger partial charge < -0.3 is 20.4 Å². The van der Waals surface area contributed by atoms with Gasteiger partial charge in [-0.1, -0.05) is 91.0 Å². The molecule has 2 fully saturated rings. The van der Waals surface area contributed by atoms with E-state index in [9.17, 15) is 23.6 Å². The molecule has 10 nitrogen and oxygen atoms in total. The average Bonchev–Trinajstić information content (AvgIpc) is 3.50. The Morgan fingerprint density at radius 1 is 0.849 bits per heavy atom. The summed E-state index contributed by atoms with van der Waals surface area (Å²) in [5.41, 5.74) is 3.63. The summed E-state index contributed by atoms with van der Waals surface area (Å²) in [5, 5.41) is 11.0. The van der Waals surface area contributed by atoms with Gasteiger partial charge in [0, 0.05) is 30.8 Å². The van der Waals surface area contributed by atoms with Gasteiger partial charge in [-0.2, -0.15) is 5.01 Å². The van der Waals surface area contributed by atoms with Gasteiger partial charge in [0.05, 0.1) is 19.6 Å². The largest absolute Gasteiger partial charge is 0.333 e. The summed E-state index contributed by atoms with van der Waals surface area (Å²) in [6.45, 7) is 4.49. The van der Waals surface area contributed by atoms with Crippen LogP contribution in [0, 0.1) is 5.82 Å². The third-order valence-corrected chi connectivity index (χ3v) is 9.69. The van der Waals surface area contributed by atoms with Gasteiger partial charge in [0.15, 0.2) is 0 Å². The van der Waals surface area contributed by atoms with E-state index in [1.54, 1.807) is 69.4 Å². The van der Waals surface area contributed by atoms with Gasteiger partial charge in [0.2, 0.25) is 11.8 Å². The van der Waals surface area contributed by atoms with Crippen molar-refractivity contribution in [2.24, 2.45) is 0 Å². The molecule has 2 N–H and O–H groups in total. The van der Waals surface area contributed by atoms with Crippen LogP contribution >= 0.6 is 0 Å². The number of hydrogen-bond acceptors (Lipinski definition) is 5. The molecule has 0 saturated carbocycles. The average molecular weight is 711 g/mol. The number of nitrogens with zero attached hydrogens (tertiary/aromatic N) is 4. The number of hydrogen-bond donors (Lipinski definition) is 2. The highest BCUT2D eigenvalue weighted by molar-refractivity contribution is 6.04. The van der Waals surface area contributed by atoms with Crippen molar-refractivity contribution in [2.75, 3.05) is 25.0 Å². The van der Waals surface area contributed by atoms with E-state index in [0.717, 1.165) is 21.9 Å². The van der Waals surface area contributed by atoms with Crippen molar-refractivity contribution in [2.45, 2.75) is 31.7 Å². The minimum absolute atomic E-state index is 0.112. The first-order valence-corrected chi connectivity index (χ1v) is 17.5. The zero-order chi connectivity index (χ0) is 36.9. The molecule has 268 valence electrons. The lowest BCUT2D eigenvalue weighted by Gasteiger charge is -2.46. The number of piperazine rings is 1. The molecule has 2 atom stereocenters. The van der Waals surface area contributed by atoms with Crippen molar-refractivity contribution >= 4 is 40.2 Å². The predicted octanol–water partition coefficient (Wildman–Crippen LogP) is 5.97. The van der Waals surface area contributed by atoms with Crippen molar-refractivity contribution in [1.29, 1.82) is 0 Å². The molecule has 0 spiro atoms. The standard InChI is InChI=1S/C42H39FN6O4/c1-2-23-47(42(53)44-25-30-15-19-34(43)20-16-30)48-28-39(50)49-37(24-29-17-21-35(22-18-29)45-40(51)32-10-4-3-5-11-32)41(52)46(27-38(48)49)26-33-13-8-12-31-9-6-7-14-36(31)33/h2-22,37-38H,1,23-28H2,(H,44,53)(H,45,51)/t37-,38+/m0/s1. The van der Waals surface area contributed by atoms with Crippen LogP contribution in [0.3, 0.4) is 0 Å². The van der Waals surface area contributed by atoms with E-state index >= 15 is 0 Å². The lowest BCUT2D eigenvalue weighted by Crippen LogP contribution is -2.66. The summed E-state index contributed by atoms with van der Waals surface area (Å²) < 4.78 is 13.5. The number of halogens is 1. The van der Waals surface area contributed by atoms with Gasteiger partial charge in [-0.15, -0.1) is 6.58 Å². The minimum Gasteiger partial charge on any atom is -0.333 e. The number of hydrazine groups is 1. The molecule has 5 aromatic rings. The van der Waals surface area contributed by atoms with E-state index < -0.39 is 18.2 Å². The number of nitrogens with one attached hydrogen (secondary N) is 2. The number of rotatable bonds is 11. The number of carbonyl (C=O) groups excluding carboxylic acids is 4. The van der Waals surface area contributed by atoms with Gasteiger partial charge in [0.25, 0.3) is 5.91 Å². The zero-order valence-electron chi connectivity index (χ0n) is 29.0. The summed E-state index contributed by atoms with van der Waals surface area (Å²) in [5.74, 6) is -1.07. The molecular formula is C42H39FN6O4. The molecule has 11 heteroatoms. The summed E-state index contributed by atoms with van der Waals surface area (Å²) >= 11 is 0. The fourth-order valence-electron chi connectivity index (χ4n) is 7.06. The maximum absolute atomic E-state index is 14.5. The molecule has 0 bridgehead atoms. The normalized spacial score (nSPS) is 17.1. The second kappa shape index (κ2) is 15.5. The molecule has 7 rings (SSSR count). The van der Waals surface area contributed by atoms with Crippen LogP contribution in [-0.4, -0.2) is 75.4 Å². The van der Waals surface area contributed by atoms with Crippen LogP contribution in [0.5, 0.6) is 0 Å². The van der Waals surface area contributed by atoms with Gasteiger partial charge in [0.1, 0.15) is 18.0 Å². The zero-order valence-corrected chi connectivity index (χ0v) is 29.0. The Balaban J connectivity index is 1.16. The summed E-state index contributed by atoms with van der Waals surface area (Å²) in [6, 6.07) is 34.7. The van der Waals surface area contributed by atoms with Crippen molar-refractivity contribution in [3.05, 3.63) is 162 Å². The predicted molar refractivity (Wildman–Crippen MR) is 201 cm³/mol. The van der Waals surface area contributed by atoms with Crippen LogP contribution < -0.4 is 10.6 Å². The molecule has 2 saturated heterocycles. The van der Waals surface area contributed by atoms with Crippen LogP contribution in [0.1, 0.15) is 27.0 Å². The maximum Gasteiger partial charge on any atom is 0.332 e. The lowest BCUT2D eigenvalue weighted by molar-refractivity contribution is -0.157. The Labute approximate surface area is 307 Å². The Morgan fingerprint density at radius 2 is 1.55 bits per heavy atom. The monoisotopic (exact) mass is 710 g/mol. The molecule has 0 aromatic heterocycles. The first-order valence-electron chi connectivity index (χ1n) is 17.5. The third kappa shape index (κ3) is 7.65. The van der Waals surface area contributed by atoms with Crippen molar-refractivity contribution in [3.8, 4) is 0 Å². The number of amides is 5. The highest BCUT2D eigenvalue weighted by Gasteiger charge is 2.52. The van der Waals surface area contributed by atoms with Crippen LogP contribution in [0.4, 0.5) is 14.9 Å².